The van der Waals surface area contributed by atoms with Crippen LogP contribution in [0.5, 0.6) is 0 Å². The number of nitrogens with one attached hydrogen (secondary N) is 1. The number of nitrogens with two attached hydrogens (primary N) is 1. The van der Waals surface area contributed by atoms with Crippen molar-refractivity contribution in [1.29, 1.82) is 0 Å². The maximum Gasteiger partial charge on any atom is 0.287 e. The van der Waals surface area contributed by atoms with E-state index in [0.29, 0.717) is 17.9 Å². The Bertz CT molecular complexity index is 1320. The van der Waals surface area contributed by atoms with Crippen molar-refractivity contribution in [3.8, 4) is 0 Å². The number of hydrogen-bond acceptors (Lipinski definition) is 6. The van der Waals surface area contributed by atoms with Gasteiger partial charge in [0.15, 0.2) is 5.65 Å². The fourth-order valence-electron chi connectivity index (χ4n) is 3.36. The number of rotatable bonds is 7. The second kappa shape index (κ2) is 9.76. The first-order valence-corrected chi connectivity index (χ1v) is 11.6. The Hall–Kier alpha value is -3.49. The lowest BCUT2D eigenvalue weighted by molar-refractivity contribution is 0.0979. The molecule has 0 spiro atoms. The second-order valence-electron chi connectivity index (χ2n) is 7.21. The molecule has 3 N–H and O–H groups in total. The molecule has 32 heavy (non-hydrogen) atoms. The molecule has 0 saturated heterocycles. The summed E-state index contributed by atoms with van der Waals surface area (Å²) in [4.78, 5) is 28.4. The first-order chi connectivity index (χ1) is 15.6. The molecule has 0 aliphatic carbocycles. The minimum atomic E-state index is -0.352. The van der Waals surface area contributed by atoms with Gasteiger partial charge in [-0.05, 0) is 42.5 Å². The van der Waals surface area contributed by atoms with Gasteiger partial charge >= 0.3 is 0 Å². The minimum Gasteiger partial charge on any atom is -0.404 e. The molecule has 1 unspecified atom stereocenters. The summed E-state index contributed by atoms with van der Waals surface area (Å²) in [5, 5.41) is 12.2. The molecule has 2 aromatic carbocycles. The number of benzene rings is 2. The number of nitrogens with zero attached hydrogens (tertiary/aromatic N) is 3. The highest BCUT2D eigenvalue weighted by molar-refractivity contribution is 8.13. The fourth-order valence-corrected chi connectivity index (χ4v) is 4.09. The SMILES string of the molecule is C/C=S(/N)c1ccc(CNc2cc(=O)n(OCc3ccccc3)c3ncnc(C)c23)cc1. The van der Waals surface area contributed by atoms with Crippen molar-refractivity contribution >= 4 is 32.8 Å². The van der Waals surface area contributed by atoms with Crippen LogP contribution in [-0.4, -0.2) is 20.1 Å². The van der Waals surface area contributed by atoms with E-state index in [2.05, 4.69) is 15.3 Å². The molecule has 0 radical (unpaired) electrons. The molecule has 0 fully saturated rings. The van der Waals surface area contributed by atoms with Crippen molar-refractivity contribution < 1.29 is 4.84 Å². The number of aryl methyl sites for hydroxylation is 1. The summed E-state index contributed by atoms with van der Waals surface area (Å²) < 4.78 is 1.24. The van der Waals surface area contributed by atoms with Gasteiger partial charge < -0.3 is 10.2 Å². The molecule has 2 aromatic heterocycles. The van der Waals surface area contributed by atoms with E-state index in [1.165, 1.54) is 17.1 Å². The molecular formula is C24H25N5O2S. The summed E-state index contributed by atoms with van der Waals surface area (Å²) in [7, 11) is -0.352. The molecule has 8 heteroatoms. The Balaban J connectivity index is 1.62. The van der Waals surface area contributed by atoms with Crippen LogP contribution in [0.3, 0.4) is 0 Å². The maximum atomic E-state index is 12.9. The fraction of sp³-hybridized carbons (Fsp3) is 0.167. The van der Waals surface area contributed by atoms with Gasteiger partial charge in [-0.25, -0.2) is 9.97 Å². The van der Waals surface area contributed by atoms with E-state index < -0.39 is 0 Å². The highest BCUT2D eigenvalue weighted by Gasteiger charge is 2.14. The van der Waals surface area contributed by atoms with E-state index in [1.54, 1.807) is 0 Å². The van der Waals surface area contributed by atoms with Crippen LogP contribution in [0.4, 0.5) is 5.69 Å². The summed E-state index contributed by atoms with van der Waals surface area (Å²) in [5.41, 5.74) is 3.61. The van der Waals surface area contributed by atoms with Gasteiger partial charge in [-0.2, -0.15) is 0 Å². The van der Waals surface area contributed by atoms with Crippen LogP contribution in [0.2, 0.25) is 0 Å². The van der Waals surface area contributed by atoms with Gasteiger partial charge in [0.05, 0.1) is 16.8 Å². The van der Waals surface area contributed by atoms with Crippen LogP contribution in [0.15, 0.2) is 76.7 Å². The molecule has 0 aliphatic heterocycles. The van der Waals surface area contributed by atoms with Gasteiger partial charge in [-0.15, -0.1) is 4.73 Å². The van der Waals surface area contributed by atoms with E-state index in [0.717, 1.165) is 27.1 Å². The minimum absolute atomic E-state index is 0.260. The molecule has 0 aliphatic rings. The molecule has 0 saturated carbocycles. The molecule has 4 aromatic rings. The average molecular weight is 448 g/mol. The second-order valence-corrected chi connectivity index (χ2v) is 8.90. The number of pyridine rings is 1. The lowest BCUT2D eigenvalue weighted by Crippen LogP contribution is -2.28. The first-order valence-electron chi connectivity index (χ1n) is 10.2. The van der Waals surface area contributed by atoms with Crippen molar-refractivity contribution in [2.24, 2.45) is 5.14 Å². The van der Waals surface area contributed by atoms with Crippen LogP contribution >= 0.6 is 10.7 Å². The van der Waals surface area contributed by atoms with E-state index >= 15 is 0 Å². The van der Waals surface area contributed by atoms with Crippen molar-refractivity contribution in [1.82, 2.24) is 14.7 Å². The number of anilines is 1. The highest BCUT2D eigenvalue weighted by atomic mass is 32.2. The summed E-state index contributed by atoms with van der Waals surface area (Å²) in [6.07, 6.45) is 1.44. The maximum absolute atomic E-state index is 12.9. The molecule has 2 heterocycles. The zero-order valence-electron chi connectivity index (χ0n) is 18.0. The van der Waals surface area contributed by atoms with E-state index in [4.69, 9.17) is 9.98 Å². The van der Waals surface area contributed by atoms with Crippen LogP contribution in [0.25, 0.3) is 11.0 Å². The first kappa shape index (κ1) is 21.7. The monoisotopic (exact) mass is 447 g/mol. The number of hydrogen-bond donors (Lipinski definition) is 2. The quantitative estimate of drug-likeness (QED) is 0.420. The van der Waals surface area contributed by atoms with Crippen LogP contribution in [0.1, 0.15) is 23.7 Å². The zero-order chi connectivity index (χ0) is 22.5. The molecule has 0 bridgehead atoms. The van der Waals surface area contributed by atoms with Crippen LogP contribution in [0, 0.1) is 6.92 Å². The normalized spacial score (nSPS) is 12.1. The van der Waals surface area contributed by atoms with Crippen LogP contribution in [-0.2, 0) is 13.2 Å². The topological polar surface area (TPSA) is 95.1 Å². The molecule has 0 amide bonds. The largest absolute Gasteiger partial charge is 0.404 e. The molecular weight excluding hydrogens is 422 g/mol. The Labute approximate surface area is 188 Å². The van der Waals surface area contributed by atoms with Crippen molar-refractivity contribution in [2.75, 3.05) is 5.32 Å². The van der Waals surface area contributed by atoms with Crippen molar-refractivity contribution in [3.63, 3.8) is 0 Å². The lowest BCUT2D eigenvalue weighted by atomic mass is 10.2. The van der Waals surface area contributed by atoms with Gasteiger partial charge in [0.25, 0.3) is 5.56 Å². The lowest BCUT2D eigenvalue weighted by Gasteiger charge is -2.15. The molecule has 1 atom stereocenters. The zero-order valence-corrected chi connectivity index (χ0v) is 18.8. The number of fused-ring (bicyclic) bond motifs is 1. The molecule has 4 rings (SSSR count). The Kier molecular flexibility index (Phi) is 6.63. The summed E-state index contributed by atoms with van der Waals surface area (Å²) in [6, 6.07) is 19.3. The predicted molar refractivity (Wildman–Crippen MR) is 131 cm³/mol. The van der Waals surface area contributed by atoms with Crippen molar-refractivity contribution in [2.45, 2.75) is 31.9 Å². The average Bonchev–Trinajstić information content (AvgIpc) is 2.82. The van der Waals surface area contributed by atoms with E-state index in [-0.39, 0.29) is 22.8 Å². The van der Waals surface area contributed by atoms with Gasteiger partial charge in [0.1, 0.15) is 12.9 Å². The predicted octanol–water partition coefficient (Wildman–Crippen LogP) is 3.66. The summed E-state index contributed by atoms with van der Waals surface area (Å²) in [5.74, 6) is 0. The van der Waals surface area contributed by atoms with Crippen molar-refractivity contribution in [3.05, 3.63) is 94.2 Å². The Morgan fingerprint density at radius 3 is 2.56 bits per heavy atom. The van der Waals surface area contributed by atoms with E-state index in [9.17, 15) is 4.79 Å². The number of aromatic nitrogens is 3. The van der Waals surface area contributed by atoms with E-state index in [1.807, 2.05) is 73.8 Å². The molecule has 7 nitrogen and oxygen atoms in total. The Morgan fingerprint density at radius 2 is 1.84 bits per heavy atom. The smallest absolute Gasteiger partial charge is 0.287 e. The Morgan fingerprint density at radius 1 is 1.09 bits per heavy atom. The summed E-state index contributed by atoms with van der Waals surface area (Å²) in [6.45, 7) is 4.65. The van der Waals surface area contributed by atoms with Crippen LogP contribution < -0.4 is 20.9 Å². The van der Waals surface area contributed by atoms with Gasteiger partial charge in [0.2, 0.25) is 0 Å². The highest BCUT2D eigenvalue weighted by Crippen LogP contribution is 2.24. The third-order valence-corrected chi connectivity index (χ3v) is 6.41. The summed E-state index contributed by atoms with van der Waals surface area (Å²) >= 11 is 0. The standard InChI is InChI=1S/C24H25N5O2S/c1-3-32(25)20-11-9-18(10-12-20)14-26-21-13-22(30)29(24-23(21)17(2)27-16-28-24)31-15-19-7-5-4-6-8-19/h3-13,16,26H,14-15,25H2,1-2H3. The molecule has 164 valence electrons. The van der Waals surface area contributed by atoms with Gasteiger partial charge in [-0.3, -0.25) is 9.93 Å². The third kappa shape index (κ3) is 4.71. The van der Waals surface area contributed by atoms with Gasteiger partial charge in [-0.1, -0.05) is 53.1 Å². The van der Waals surface area contributed by atoms with Gasteiger partial charge in [0, 0.05) is 17.5 Å². The third-order valence-electron chi connectivity index (χ3n) is 5.08.